The minimum Gasteiger partial charge on any atom is -0.503 e. The van der Waals surface area contributed by atoms with Crippen LogP contribution in [0.3, 0.4) is 0 Å². The van der Waals surface area contributed by atoms with Crippen molar-refractivity contribution in [1.82, 2.24) is 4.57 Å². The van der Waals surface area contributed by atoms with E-state index in [1.807, 2.05) is 19.9 Å². The molecular weight excluding hydrogens is 442 g/mol. The number of carbonyl (C=O) groups is 2. The van der Waals surface area contributed by atoms with Crippen LogP contribution in [-0.2, 0) is 16.0 Å². The van der Waals surface area contributed by atoms with Gasteiger partial charge < -0.3 is 23.9 Å². The normalized spacial score (nSPS) is 16.1. The number of phenolic OH excluding ortho intramolecular Hbond substituents is 1. The first-order valence-corrected chi connectivity index (χ1v) is 10.2. The minimum atomic E-state index is -0.675. The highest BCUT2D eigenvalue weighted by Crippen LogP contribution is 2.35. The Morgan fingerprint density at radius 3 is 2.72 bits per heavy atom. The van der Waals surface area contributed by atoms with E-state index in [2.05, 4.69) is 20.5 Å². The lowest BCUT2D eigenvalue weighted by molar-refractivity contribution is 0.0474. The number of phenols is 1. The highest BCUT2D eigenvalue weighted by atomic mass is 79.9. The number of carbonyl (C=O) groups excluding carboxylic acids is 2. The molecule has 8 heteroatoms. The molecule has 156 valence electrons. The number of aromatic nitrogens is 1. The van der Waals surface area contributed by atoms with Crippen LogP contribution < -0.4 is 4.74 Å². The Bertz CT molecular complexity index is 930. The van der Waals surface area contributed by atoms with Crippen molar-refractivity contribution >= 4 is 27.7 Å². The van der Waals surface area contributed by atoms with Crippen molar-refractivity contribution in [3.63, 3.8) is 0 Å². The van der Waals surface area contributed by atoms with Crippen LogP contribution >= 0.6 is 15.9 Å². The van der Waals surface area contributed by atoms with Crippen molar-refractivity contribution < 1.29 is 28.9 Å². The zero-order chi connectivity index (χ0) is 21.1. The number of ketones is 1. The quantitative estimate of drug-likeness (QED) is 0.494. The molecule has 1 aromatic heterocycles. The predicted molar refractivity (Wildman–Crippen MR) is 110 cm³/mol. The van der Waals surface area contributed by atoms with E-state index in [1.54, 1.807) is 0 Å². The molecule has 29 heavy (non-hydrogen) atoms. The first-order chi connectivity index (χ1) is 13.8. The topological polar surface area (TPSA) is 87.0 Å². The van der Waals surface area contributed by atoms with Crippen LogP contribution in [0.4, 0.5) is 0 Å². The Hall–Kier alpha value is -2.32. The van der Waals surface area contributed by atoms with Gasteiger partial charge in [-0.15, -0.1) is 0 Å². The van der Waals surface area contributed by atoms with Gasteiger partial charge in [-0.05, 0) is 60.8 Å². The summed E-state index contributed by atoms with van der Waals surface area (Å²) in [6.07, 6.45) is 2.25. The highest BCUT2D eigenvalue weighted by molar-refractivity contribution is 9.10. The summed E-state index contributed by atoms with van der Waals surface area (Å²) in [5.74, 6) is -0.922. The van der Waals surface area contributed by atoms with Gasteiger partial charge in [0, 0.05) is 30.1 Å². The van der Waals surface area contributed by atoms with Gasteiger partial charge in [0.15, 0.2) is 18.1 Å². The van der Waals surface area contributed by atoms with Crippen LogP contribution in [0.2, 0.25) is 0 Å². The number of hydrogen-bond acceptors (Lipinski definition) is 6. The second kappa shape index (κ2) is 9.00. The monoisotopic (exact) mass is 465 g/mol. The van der Waals surface area contributed by atoms with Gasteiger partial charge >= 0.3 is 5.97 Å². The number of hydrogen-bond donors (Lipinski definition) is 1. The Labute approximate surface area is 177 Å². The average Bonchev–Trinajstić information content (AvgIpc) is 3.31. The number of nitrogens with zero attached hydrogens (tertiary/aromatic N) is 1. The van der Waals surface area contributed by atoms with Crippen molar-refractivity contribution in [2.24, 2.45) is 0 Å². The highest BCUT2D eigenvalue weighted by Gasteiger charge is 2.22. The summed E-state index contributed by atoms with van der Waals surface area (Å²) >= 11 is 3.16. The van der Waals surface area contributed by atoms with Crippen molar-refractivity contribution in [3.8, 4) is 11.5 Å². The van der Waals surface area contributed by atoms with Crippen LogP contribution in [0.1, 0.15) is 44.9 Å². The Morgan fingerprint density at radius 1 is 1.31 bits per heavy atom. The third-order valence-electron chi connectivity index (χ3n) is 5.10. The van der Waals surface area contributed by atoms with E-state index >= 15 is 0 Å². The maximum atomic E-state index is 12.7. The van der Waals surface area contributed by atoms with Gasteiger partial charge in [-0.2, -0.15) is 0 Å². The molecule has 1 N–H and O–H groups in total. The number of methoxy groups -OCH3 is 1. The summed E-state index contributed by atoms with van der Waals surface area (Å²) in [7, 11) is 1.38. The van der Waals surface area contributed by atoms with Gasteiger partial charge in [0.25, 0.3) is 0 Å². The summed E-state index contributed by atoms with van der Waals surface area (Å²) < 4.78 is 18.3. The van der Waals surface area contributed by atoms with Gasteiger partial charge in [-0.25, -0.2) is 4.79 Å². The molecule has 1 aliphatic heterocycles. The van der Waals surface area contributed by atoms with E-state index in [0.717, 1.165) is 30.8 Å². The molecule has 2 heterocycles. The summed E-state index contributed by atoms with van der Waals surface area (Å²) in [5.41, 5.74) is 2.52. The lowest BCUT2D eigenvalue weighted by Gasteiger charge is -2.14. The standard InChI is InChI=1S/C21H24BrNO6/c1-12-7-16(13(2)23(12)10-15-5-4-6-28-15)18(24)11-29-21(26)14-8-17(22)20(25)19(9-14)27-3/h7-9,15,25H,4-6,10-11H2,1-3H3/t15-/m0/s1. The summed E-state index contributed by atoms with van der Waals surface area (Å²) in [5, 5.41) is 9.84. The molecule has 0 unspecified atom stereocenters. The first-order valence-electron chi connectivity index (χ1n) is 9.37. The third-order valence-corrected chi connectivity index (χ3v) is 5.71. The van der Waals surface area contributed by atoms with Crippen LogP contribution in [0, 0.1) is 13.8 Å². The number of Topliss-reactive ketones (excluding diaryl/α,β-unsaturated/α-hetero) is 1. The van der Waals surface area contributed by atoms with Crippen LogP contribution in [0.5, 0.6) is 11.5 Å². The van der Waals surface area contributed by atoms with Gasteiger partial charge in [-0.1, -0.05) is 0 Å². The number of esters is 1. The largest absolute Gasteiger partial charge is 0.503 e. The van der Waals surface area contributed by atoms with Crippen LogP contribution in [-0.4, -0.2) is 47.9 Å². The lowest BCUT2D eigenvalue weighted by Crippen LogP contribution is -2.18. The Kier molecular flexibility index (Phi) is 6.64. The number of aromatic hydroxyl groups is 1. The predicted octanol–water partition coefficient (Wildman–Crippen LogP) is 3.80. The number of ether oxygens (including phenoxy) is 3. The fourth-order valence-corrected chi connectivity index (χ4v) is 3.94. The molecule has 1 atom stereocenters. The number of aryl methyl sites for hydroxylation is 1. The smallest absolute Gasteiger partial charge is 0.338 e. The van der Waals surface area contributed by atoms with E-state index in [-0.39, 0.29) is 35.6 Å². The first kappa shape index (κ1) is 21.4. The molecule has 2 aromatic rings. The second-order valence-corrected chi connectivity index (χ2v) is 7.89. The van der Waals surface area contributed by atoms with E-state index in [4.69, 9.17) is 14.2 Å². The zero-order valence-corrected chi connectivity index (χ0v) is 18.2. The van der Waals surface area contributed by atoms with Gasteiger partial charge in [0.2, 0.25) is 5.78 Å². The molecule has 0 saturated carbocycles. The molecule has 0 bridgehead atoms. The zero-order valence-electron chi connectivity index (χ0n) is 16.7. The fraction of sp³-hybridized carbons (Fsp3) is 0.429. The van der Waals surface area contributed by atoms with Gasteiger partial charge in [-0.3, -0.25) is 4.79 Å². The Morgan fingerprint density at radius 2 is 2.07 bits per heavy atom. The van der Waals surface area contributed by atoms with E-state index in [1.165, 1.54) is 19.2 Å². The van der Waals surface area contributed by atoms with Crippen LogP contribution in [0.25, 0.3) is 0 Å². The number of halogens is 1. The molecule has 7 nitrogen and oxygen atoms in total. The summed E-state index contributed by atoms with van der Waals surface area (Å²) in [4.78, 5) is 25.0. The van der Waals surface area contributed by atoms with Crippen molar-refractivity contribution in [2.45, 2.75) is 39.3 Å². The Balaban J connectivity index is 1.68. The molecule has 0 radical (unpaired) electrons. The molecule has 1 fully saturated rings. The lowest BCUT2D eigenvalue weighted by atomic mass is 10.1. The third kappa shape index (κ3) is 4.64. The molecular formula is C21H24BrNO6. The van der Waals surface area contributed by atoms with E-state index in [0.29, 0.717) is 16.6 Å². The minimum absolute atomic E-state index is 0.112. The average molecular weight is 466 g/mol. The van der Waals surface area contributed by atoms with Gasteiger partial charge in [0.05, 0.1) is 23.2 Å². The maximum Gasteiger partial charge on any atom is 0.338 e. The molecule has 0 aliphatic carbocycles. The molecule has 1 saturated heterocycles. The fourth-order valence-electron chi connectivity index (χ4n) is 3.50. The molecule has 1 aromatic carbocycles. The molecule has 0 spiro atoms. The van der Waals surface area contributed by atoms with Crippen molar-refractivity contribution in [2.75, 3.05) is 20.3 Å². The van der Waals surface area contributed by atoms with Crippen molar-refractivity contribution in [1.29, 1.82) is 0 Å². The van der Waals surface area contributed by atoms with Crippen molar-refractivity contribution in [3.05, 3.63) is 45.2 Å². The van der Waals surface area contributed by atoms with Crippen LogP contribution in [0.15, 0.2) is 22.7 Å². The van der Waals surface area contributed by atoms with E-state index in [9.17, 15) is 14.7 Å². The maximum absolute atomic E-state index is 12.7. The summed E-state index contributed by atoms with van der Waals surface area (Å²) in [6.45, 7) is 4.96. The molecule has 1 aliphatic rings. The molecule has 3 rings (SSSR count). The number of rotatable bonds is 7. The summed E-state index contributed by atoms with van der Waals surface area (Å²) in [6, 6.07) is 4.60. The van der Waals surface area contributed by atoms with E-state index < -0.39 is 5.97 Å². The second-order valence-electron chi connectivity index (χ2n) is 7.04. The van der Waals surface area contributed by atoms with Gasteiger partial charge in [0.1, 0.15) is 0 Å². The number of benzene rings is 1. The molecule has 0 amide bonds. The SMILES string of the molecule is COc1cc(C(=O)OCC(=O)c2cc(C)n(C[C@@H]3CCCO3)c2C)cc(Br)c1O.